The van der Waals surface area contributed by atoms with Crippen LogP contribution in [0.25, 0.3) is 0 Å². The second-order valence-corrected chi connectivity index (χ2v) is 8.44. The van der Waals surface area contributed by atoms with Crippen LogP contribution in [0.4, 0.5) is 5.82 Å². The first-order valence-electron chi connectivity index (χ1n) is 11.3. The molecular weight excluding hydrogens is 400 g/mol. The van der Waals surface area contributed by atoms with Crippen LogP contribution in [0, 0.1) is 12.8 Å². The van der Waals surface area contributed by atoms with Gasteiger partial charge < -0.3 is 10.2 Å². The van der Waals surface area contributed by atoms with E-state index in [2.05, 4.69) is 10.4 Å². The van der Waals surface area contributed by atoms with Gasteiger partial charge in [0.05, 0.1) is 12.2 Å². The first-order valence-corrected chi connectivity index (χ1v) is 11.3. The Morgan fingerprint density at radius 1 is 0.969 bits per heavy atom. The third-order valence-electron chi connectivity index (χ3n) is 6.02. The zero-order chi connectivity index (χ0) is 22.3. The van der Waals surface area contributed by atoms with Gasteiger partial charge in [-0.25, -0.2) is 4.68 Å². The van der Waals surface area contributed by atoms with Crippen molar-refractivity contribution in [1.82, 2.24) is 14.7 Å². The van der Waals surface area contributed by atoms with Gasteiger partial charge in [-0.3, -0.25) is 9.59 Å². The lowest BCUT2D eigenvalue weighted by Gasteiger charge is -2.31. The zero-order valence-electron chi connectivity index (χ0n) is 18.5. The van der Waals surface area contributed by atoms with E-state index in [1.807, 2.05) is 83.2 Å². The third-order valence-corrected chi connectivity index (χ3v) is 6.02. The number of amides is 2. The van der Waals surface area contributed by atoms with Gasteiger partial charge in [0.1, 0.15) is 5.82 Å². The number of aryl methyl sites for hydroxylation is 2. The molecule has 0 saturated carbocycles. The van der Waals surface area contributed by atoms with E-state index >= 15 is 0 Å². The molecule has 0 atom stereocenters. The number of nitrogens with one attached hydrogen (secondary N) is 1. The second kappa shape index (κ2) is 10.3. The van der Waals surface area contributed by atoms with E-state index in [1.165, 1.54) is 5.56 Å². The van der Waals surface area contributed by atoms with Gasteiger partial charge in [-0.1, -0.05) is 60.7 Å². The van der Waals surface area contributed by atoms with Crippen molar-refractivity contribution in [2.45, 2.75) is 39.2 Å². The highest BCUT2D eigenvalue weighted by Crippen LogP contribution is 2.21. The first-order chi connectivity index (χ1) is 15.6. The Balaban J connectivity index is 1.28. The van der Waals surface area contributed by atoms with Gasteiger partial charge in [0, 0.05) is 31.5 Å². The van der Waals surface area contributed by atoms with Gasteiger partial charge in [0.15, 0.2) is 0 Å². The number of piperidine rings is 1. The van der Waals surface area contributed by atoms with Crippen molar-refractivity contribution >= 4 is 17.6 Å². The summed E-state index contributed by atoms with van der Waals surface area (Å²) in [7, 11) is 0. The molecule has 0 radical (unpaired) electrons. The molecule has 1 aliphatic rings. The van der Waals surface area contributed by atoms with Crippen LogP contribution in [-0.4, -0.2) is 39.6 Å². The van der Waals surface area contributed by atoms with E-state index in [4.69, 9.17) is 0 Å². The molecule has 2 aromatic carbocycles. The maximum atomic E-state index is 12.9. The first kappa shape index (κ1) is 21.8. The third kappa shape index (κ3) is 5.63. The number of hydrogen-bond acceptors (Lipinski definition) is 3. The lowest BCUT2D eigenvalue weighted by Crippen LogP contribution is -2.41. The molecule has 1 aromatic heterocycles. The minimum absolute atomic E-state index is 0.00981. The Morgan fingerprint density at radius 3 is 2.25 bits per heavy atom. The number of aromatic nitrogens is 2. The molecular formula is C26H30N4O2. The lowest BCUT2D eigenvalue weighted by molar-refractivity contribution is -0.134. The molecule has 1 N–H and O–H groups in total. The van der Waals surface area contributed by atoms with Crippen LogP contribution in [0.15, 0.2) is 66.7 Å². The van der Waals surface area contributed by atoms with Crippen molar-refractivity contribution in [3.05, 3.63) is 83.6 Å². The van der Waals surface area contributed by atoms with Crippen molar-refractivity contribution in [1.29, 1.82) is 0 Å². The van der Waals surface area contributed by atoms with Gasteiger partial charge in [-0.15, -0.1) is 0 Å². The average Bonchev–Trinajstić information content (AvgIpc) is 3.17. The number of carbonyl (C=O) groups excluding carboxylic acids is 2. The number of hydrogen-bond donors (Lipinski definition) is 1. The molecule has 3 aromatic rings. The van der Waals surface area contributed by atoms with Crippen LogP contribution >= 0.6 is 0 Å². The molecule has 0 spiro atoms. The number of carbonyl (C=O) groups is 2. The van der Waals surface area contributed by atoms with Gasteiger partial charge >= 0.3 is 0 Å². The number of nitrogens with zero attached hydrogens (tertiary/aromatic N) is 3. The second-order valence-electron chi connectivity index (χ2n) is 8.44. The van der Waals surface area contributed by atoms with E-state index in [1.54, 1.807) is 0 Å². The minimum Gasteiger partial charge on any atom is -0.343 e. The number of likely N-dealkylation sites (tertiary alicyclic amines) is 1. The highest BCUT2D eigenvalue weighted by molar-refractivity contribution is 5.92. The zero-order valence-corrected chi connectivity index (χ0v) is 18.5. The topological polar surface area (TPSA) is 67.2 Å². The largest absolute Gasteiger partial charge is 0.343 e. The Hall–Kier alpha value is -3.41. The molecule has 0 aliphatic carbocycles. The maximum absolute atomic E-state index is 12.9. The Labute approximate surface area is 189 Å². The van der Waals surface area contributed by atoms with E-state index in [-0.39, 0.29) is 17.7 Å². The Bertz CT molecular complexity index is 1040. The molecule has 1 fully saturated rings. The normalized spacial score (nSPS) is 14.3. The highest BCUT2D eigenvalue weighted by Gasteiger charge is 2.27. The molecule has 1 saturated heterocycles. The summed E-state index contributed by atoms with van der Waals surface area (Å²) in [6, 6.07) is 22.1. The molecule has 2 heterocycles. The van der Waals surface area contributed by atoms with Crippen LogP contribution in [0.2, 0.25) is 0 Å². The van der Waals surface area contributed by atoms with Crippen molar-refractivity contribution in [3.63, 3.8) is 0 Å². The van der Waals surface area contributed by atoms with Crippen molar-refractivity contribution < 1.29 is 9.59 Å². The summed E-state index contributed by atoms with van der Waals surface area (Å²) < 4.78 is 1.84. The predicted octanol–water partition coefficient (Wildman–Crippen LogP) is 4.05. The van der Waals surface area contributed by atoms with Crippen molar-refractivity contribution in [2.75, 3.05) is 18.4 Å². The number of anilines is 1. The summed E-state index contributed by atoms with van der Waals surface area (Å²) >= 11 is 0. The number of rotatable bonds is 7. The summed E-state index contributed by atoms with van der Waals surface area (Å²) in [5.74, 6) is 0.811. The van der Waals surface area contributed by atoms with E-state index in [9.17, 15) is 9.59 Å². The molecule has 32 heavy (non-hydrogen) atoms. The summed E-state index contributed by atoms with van der Waals surface area (Å²) in [5.41, 5.74) is 3.18. The molecule has 1 aliphatic heterocycles. The molecule has 0 bridgehead atoms. The van der Waals surface area contributed by atoms with E-state index < -0.39 is 0 Å². The summed E-state index contributed by atoms with van der Waals surface area (Å²) in [4.78, 5) is 27.4. The predicted molar refractivity (Wildman–Crippen MR) is 125 cm³/mol. The van der Waals surface area contributed by atoms with Crippen LogP contribution in [0.5, 0.6) is 0 Å². The van der Waals surface area contributed by atoms with E-state index in [0.29, 0.717) is 38.9 Å². The Morgan fingerprint density at radius 2 is 1.59 bits per heavy atom. The van der Waals surface area contributed by atoms with Gasteiger partial charge in [-0.2, -0.15) is 5.10 Å². The summed E-state index contributed by atoms with van der Waals surface area (Å²) in [6.07, 6.45) is 2.65. The average molecular weight is 431 g/mol. The quantitative estimate of drug-likeness (QED) is 0.615. The van der Waals surface area contributed by atoms with E-state index in [0.717, 1.165) is 23.5 Å². The molecule has 0 unspecified atom stereocenters. The van der Waals surface area contributed by atoms with Crippen LogP contribution in [-0.2, 0) is 22.6 Å². The minimum atomic E-state index is -0.0893. The lowest BCUT2D eigenvalue weighted by atomic mass is 9.95. The monoisotopic (exact) mass is 430 g/mol. The molecule has 4 rings (SSSR count). The fraction of sp³-hybridized carbons (Fsp3) is 0.346. The van der Waals surface area contributed by atoms with Gasteiger partial charge in [0.25, 0.3) is 0 Å². The van der Waals surface area contributed by atoms with Crippen molar-refractivity contribution in [3.8, 4) is 0 Å². The maximum Gasteiger partial charge on any atom is 0.228 e. The molecule has 2 amide bonds. The van der Waals surface area contributed by atoms with Crippen molar-refractivity contribution in [2.24, 2.45) is 5.92 Å². The van der Waals surface area contributed by atoms with Gasteiger partial charge in [0.2, 0.25) is 11.8 Å². The molecule has 166 valence electrons. The highest BCUT2D eigenvalue weighted by atomic mass is 16.2. The Kier molecular flexibility index (Phi) is 7.00. The van der Waals surface area contributed by atoms with Crippen LogP contribution in [0.3, 0.4) is 0 Å². The SMILES string of the molecule is Cc1cc(NC(=O)C2CCN(C(=O)CCc3ccccc3)CC2)n(Cc2ccccc2)n1. The number of benzene rings is 2. The summed E-state index contributed by atoms with van der Waals surface area (Å²) in [6.45, 7) is 3.80. The fourth-order valence-electron chi connectivity index (χ4n) is 4.20. The standard InChI is InChI=1S/C26H30N4O2/c1-20-18-24(30(28-20)19-22-10-6-3-7-11-22)27-26(32)23-14-16-29(17-15-23)25(31)13-12-21-8-4-2-5-9-21/h2-11,18,23H,12-17,19H2,1H3,(H,27,32). The molecule has 6 nitrogen and oxygen atoms in total. The summed E-state index contributed by atoms with van der Waals surface area (Å²) in [5, 5.41) is 7.60. The molecule has 6 heteroatoms. The van der Waals surface area contributed by atoms with Gasteiger partial charge in [-0.05, 0) is 37.3 Å². The van der Waals surface area contributed by atoms with Crippen LogP contribution in [0.1, 0.15) is 36.1 Å². The smallest absolute Gasteiger partial charge is 0.228 e. The fourth-order valence-corrected chi connectivity index (χ4v) is 4.20. The van der Waals surface area contributed by atoms with Crippen LogP contribution < -0.4 is 5.32 Å².